The van der Waals surface area contributed by atoms with Gasteiger partial charge in [0, 0.05) is 11.8 Å². The summed E-state index contributed by atoms with van der Waals surface area (Å²) < 4.78 is 5.31. The molecular formula is C16H17N3O4. The number of amides is 2. The normalized spacial score (nSPS) is 10.0. The molecule has 0 radical (unpaired) electrons. The highest BCUT2D eigenvalue weighted by Crippen LogP contribution is 2.11. The summed E-state index contributed by atoms with van der Waals surface area (Å²) in [6.07, 6.45) is 1.43. The van der Waals surface area contributed by atoms with Crippen LogP contribution in [0.4, 0.5) is 0 Å². The molecule has 0 aliphatic carbocycles. The number of carbonyl (C=O) groups is 3. The Kier molecular flexibility index (Phi) is 5.14. The first-order valence-electron chi connectivity index (χ1n) is 6.93. The number of rotatable bonds is 5. The van der Waals surface area contributed by atoms with Gasteiger partial charge >= 0.3 is 0 Å². The number of hydrogen-bond acceptors (Lipinski definition) is 4. The van der Waals surface area contributed by atoms with Gasteiger partial charge in [0.2, 0.25) is 0 Å². The zero-order chi connectivity index (χ0) is 16.8. The molecule has 1 aromatic heterocycles. The number of benzene rings is 1. The van der Waals surface area contributed by atoms with Crippen LogP contribution in [0.2, 0.25) is 0 Å². The lowest BCUT2D eigenvalue weighted by Gasteiger charge is -2.08. The standard InChI is InChI=1S/C16H17N3O4/c1-10-4-3-5-13(6-10)23-9-15(21)18-19-16(22)14-7-12(8-17-14)11(2)20/h3-8,17H,9H2,1-2H3,(H,18,21)(H,19,22). The highest BCUT2D eigenvalue weighted by molar-refractivity contribution is 5.99. The monoisotopic (exact) mass is 315 g/mol. The van der Waals surface area contributed by atoms with E-state index >= 15 is 0 Å². The van der Waals surface area contributed by atoms with Crippen LogP contribution in [0.15, 0.2) is 36.5 Å². The van der Waals surface area contributed by atoms with Gasteiger partial charge in [-0.05, 0) is 37.6 Å². The van der Waals surface area contributed by atoms with Crippen molar-refractivity contribution >= 4 is 17.6 Å². The van der Waals surface area contributed by atoms with Crippen LogP contribution in [0.25, 0.3) is 0 Å². The number of ketones is 1. The fourth-order valence-corrected chi connectivity index (χ4v) is 1.81. The molecule has 0 bridgehead atoms. The molecule has 0 aliphatic heterocycles. The minimum Gasteiger partial charge on any atom is -0.484 e. The summed E-state index contributed by atoms with van der Waals surface area (Å²) in [7, 11) is 0. The summed E-state index contributed by atoms with van der Waals surface area (Å²) in [5.74, 6) is -0.641. The van der Waals surface area contributed by atoms with Crippen LogP contribution in [-0.4, -0.2) is 29.2 Å². The summed E-state index contributed by atoms with van der Waals surface area (Å²) >= 11 is 0. The quantitative estimate of drug-likeness (QED) is 0.573. The van der Waals surface area contributed by atoms with Gasteiger partial charge in [-0.15, -0.1) is 0 Å². The van der Waals surface area contributed by atoms with Gasteiger partial charge in [-0.2, -0.15) is 0 Å². The molecule has 7 heteroatoms. The second kappa shape index (κ2) is 7.26. The molecule has 2 amide bonds. The van der Waals surface area contributed by atoms with Crippen molar-refractivity contribution in [2.45, 2.75) is 13.8 Å². The molecule has 2 rings (SSSR count). The third-order valence-corrected chi connectivity index (χ3v) is 3.01. The molecule has 7 nitrogen and oxygen atoms in total. The number of hydrogen-bond donors (Lipinski definition) is 3. The van der Waals surface area contributed by atoms with Crippen molar-refractivity contribution in [1.29, 1.82) is 0 Å². The van der Waals surface area contributed by atoms with Crippen LogP contribution in [0.3, 0.4) is 0 Å². The molecule has 0 fully saturated rings. The number of carbonyl (C=O) groups excluding carboxylic acids is 3. The van der Waals surface area contributed by atoms with E-state index in [0.717, 1.165) is 5.56 Å². The van der Waals surface area contributed by atoms with E-state index in [0.29, 0.717) is 11.3 Å². The summed E-state index contributed by atoms with van der Waals surface area (Å²) in [4.78, 5) is 37.2. The van der Waals surface area contributed by atoms with Gasteiger partial charge in [0.15, 0.2) is 12.4 Å². The number of H-pyrrole nitrogens is 1. The Morgan fingerprint density at radius 2 is 1.96 bits per heavy atom. The highest BCUT2D eigenvalue weighted by Gasteiger charge is 2.11. The van der Waals surface area contributed by atoms with Crippen molar-refractivity contribution in [2.75, 3.05) is 6.61 Å². The van der Waals surface area contributed by atoms with Gasteiger partial charge in [-0.1, -0.05) is 12.1 Å². The van der Waals surface area contributed by atoms with E-state index in [1.54, 1.807) is 12.1 Å². The molecule has 0 spiro atoms. The van der Waals surface area contributed by atoms with Gasteiger partial charge in [0.1, 0.15) is 11.4 Å². The molecule has 0 saturated heterocycles. The van der Waals surface area contributed by atoms with Crippen molar-refractivity contribution in [3.63, 3.8) is 0 Å². The van der Waals surface area contributed by atoms with Crippen LogP contribution in [0.5, 0.6) is 5.75 Å². The smallest absolute Gasteiger partial charge is 0.286 e. The SMILES string of the molecule is CC(=O)c1c[nH]c(C(=O)NNC(=O)COc2cccc(C)c2)c1. The molecule has 2 aromatic rings. The molecule has 1 aromatic carbocycles. The van der Waals surface area contributed by atoms with E-state index in [1.807, 2.05) is 19.1 Å². The number of hydrazine groups is 1. The van der Waals surface area contributed by atoms with Gasteiger partial charge in [-0.25, -0.2) is 0 Å². The van der Waals surface area contributed by atoms with E-state index in [9.17, 15) is 14.4 Å². The fourth-order valence-electron chi connectivity index (χ4n) is 1.81. The van der Waals surface area contributed by atoms with E-state index in [1.165, 1.54) is 19.2 Å². The predicted octanol–water partition coefficient (Wildman–Crippen LogP) is 1.37. The van der Waals surface area contributed by atoms with Crippen LogP contribution in [-0.2, 0) is 4.79 Å². The van der Waals surface area contributed by atoms with Crippen molar-refractivity contribution in [2.24, 2.45) is 0 Å². The summed E-state index contributed by atoms with van der Waals surface area (Å²) in [6.45, 7) is 3.08. The van der Waals surface area contributed by atoms with Crippen LogP contribution < -0.4 is 15.6 Å². The molecular weight excluding hydrogens is 298 g/mol. The zero-order valence-corrected chi connectivity index (χ0v) is 12.8. The van der Waals surface area contributed by atoms with Gasteiger partial charge in [-0.3, -0.25) is 25.2 Å². The van der Waals surface area contributed by atoms with E-state index in [2.05, 4.69) is 15.8 Å². The first kappa shape index (κ1) is 16.3. The van der Waals surface area contributed by atoms with E-state index in [4.69, 9.17) is 4.74 Å². The number of nitrogens with one attached hydrogen (secondary N) is 3. The Bertz CT molecular complexity index is 736. The minimum atomic E-state index is -0.554. The average Bonchev–Trinajstić information content (AvgIpc) is 3.01. The number of Topliss-reactive ketones (excluding diaryl/α,β-unsaturated/α-hetero) is 1. The molecule has 23 heavy (non-hydrogen) atoms. The van der Waals surface area contributed by atoms with Crippen molar-refractivity contribution in [1.82, 2.24) is 15.8 Å². The van der Waals surface area contributed by atoms with Crippen molar-refractivity contribution < 1.29 is 19.1 Å². The Morgan fingerprint density at radius 3 is 2.61 bits per heavy atom. The largest absolute Gasteiger partial charge is 0.484 e. The lowest BCUT2D eigenvalue weighted by Crippen LogP contribution is -2.43. The van der Waals surface area contributed by atoms with E-state index < -0.39 is 11.8 Å². The lowest BCUT2D eigenvalue weighted by molar-refractivity contribution is -0.123. The predicted molar refractivity (Wildman–Crippen MR) is 83.1 cm³/mol. The van der Waals surface area contributed by atoms with Crippen LogP contribution in [0.1, 0.15) is 33.3 Å². The lowest BCUT2D eigenvalue weighted by atomic mass is 10.2. The maximum absolute atomic E-state index is 11.8. The zero-order valence-electron chi connectivity index (χ0n) is 12.8. The van der Waals surface area contributed by atoms with Gasteiger partial charge < -0.3 is 9.72 Å². The van der Waals surface area contributed by atoms with Gasteiger partial charge in [0.25, 0.3) is 11.8 Å². The first-order valence-corrected chi connectivity index (χ1v) is 6.93. The van der Waals surface area contributed by atoms with E-state index in [-0.39, 0.29) is 18.1 Å². The fraction of sp³-hybridized carbons (Fsp3) is 0.188. The summed E-state index contributed by atoms with van der Waals surface area (Å²) in [5, 5.41) is 0. The number of aromatic nitrogens is 1. The third kappa shape index (κ3) is 4.70. The Morgan fingerprint density at radius 1 is 1.17 bits per heavy atom. The molecule has 3 N–H and O–H groups in total. The molecule has 0 atom stereocenters. The first-order chi connectivity index (χ1) is 11.0. The Labute approximate surface area is 133 Å². The topological polar surface area (TPSA) is 100 Å². The molecule has 120 valence electrons. The van der Waals surface area contributed by atoms with Crippen LogP contribution >= 0.6 is 0 Å². The Balaban J connectivity index is 1.79. The minimum absolute atomic E-state index is 0.157. The number of aromatic amines is 1. The third-order valence-electron chi connectivity index (χ3n) is 3.01. The number of ether oxygens (including phenoxy) is 1. The molecule has 0 saturated carbocycles. The molecule has 0 aliphatic rings. The molecule has 0 unspecified atom stereocenters. The molecule has 1 heterocycles. The highest BCUT2D eigenvalue weighted by atomic mass is 16.5. The average molecular weight is 315 g/mol. The maximum Gasteiger partial charge on any atom is 0.286 e. The van der Waals surface area contributed by atoms with Crippen molar-refractivity contribution in [3.05, 3.63) is 53.3 Å². The summed E-state index contributed by atoms with van der Waals surface area (Å²) in [5.41, 5.74) is 6.06. The maximum atomic E-state index is 11.8. The summed E-state index contributed by atoms with van der Waals surface area (Å²) in [6, 6.07) is 8.68. The second-order valence-electron chi connectivity index (χ2n) is 4.97. The van der Waals surface area contributed by atoms with Crippen LogP contribution in [0, 0.1) is 6.92 Å². The van der Waals surface area contributed by atoms with Crippen molar-refractivity contribution in [3.8, 4) is 5.75 Å². The number of aryl methyl sites for hydroxylation is 1. The van der Waals surface area contributed by atoms with Gasteiger partial charge in [0.05, 0.1) is 0 Å². The second-order valence-corrected chi connectivity index (χ2v) is 4.97. The Hall–Kier alpha value is -3.09.